The molecule has 19 heavy (non-hydrogen) atoms. The molecule has 0 aliphatic carbocycles. The predicted molar refractivity (Wildman–Crippen MR) is 73.4 cm³/mol. The number of hydrogen-bond acceptors (Lipinski definition) is 2. The van der Waals surface area contributed by atoms with Gasteiger partial charge in [-0.3, -0.25) is 4.79 Å². The summed E-state index contributed by atoms with van der Waals surface area (Å²) in [5.41, 5.74) is 6.85. The first-order chi connectivity index (χ1) is 9.04. The number of rotatable bonds is 2. The number of nitrogens with zero attached hydrogens (tertiary/aromatic N) is 1. The quantitative estimate of drug-likeness (QED) is 0.891. The molecule has 1 heterocycles. The maximum absolute atomic E-state index is 13.3. The fourth-order valence-corrected chi connectivity index (χ4v) is 2.80. The molecule has 3 nitrogen and oxygen atoms in total. The van der Waals surface area contributed by atoms with E-state index in [1.54, 1.807) is 19.1 Å². The number of nitrogens with two attached hydrogens (primary N) is 1. The summed E-state index contributed by atoms with van der Waals surface area (Å²) < 4.78 is 13.3. The average Bonchev–Trinajstić information content (AvgIpc) is 2.40. The Bertz CT molecular complexity index is 475. The second-order valence-corrected chi connectivity index (χ2v) is 5.39. The summed E-state index contributed by atoms with van der Waals surface area (Å²) in [7, 11) is 0. The summed E-state index contributed by atoms with van der Waals surface area (Å²) in [5, 5.41) is 0. The van der Waals surface area contributed by atoms with Crippen molar-refractivity contribution >= 4 is 5.91 Å². The second kappa shape index (κ2) is 5.70. The smallest absolute Gasteiger partial charge is 0.254 e. The lowest BCUT2D eigenvalue weighted by Gasteiger charge is -2.39. The number of likely N-dealkylation sites (tertiary alicyclic amines) is 1. The fourth-order valence-electron chi connectivity index (χ4n) is 2.80. The van der Waals surface area contributed by atoms with Gasteiger partial charge in [-0.15, -0.1) is 0 Å². The third-order valence-corrected chi connectivity index (χ3v) is 4.02. The van der Waals surface area contributed by atoms with E-state index >= 15 is 0 Å². The van der Waals surface area contributed by atoms with Gasteiger partial charge in [-0.05, 0) is 49.4 Å². The molecule has 2 N–H and O–H groups in total. The Hall–Kier alpha value is -1.42. The third-order valence-electron chi connectivity index (χ3n) is 4.02. The van der Waals surface area contributed by atoms with Crippen molar-refractivity contribution in [1.82, 2.24) is 4.90 Å². The number of hydrogen-bond donors (Lipinski definition) is 1. The third kappa shape index (κ3) is 2.78. The second-order valence-electron chi connectivity index (χ2n) is 5.39. The van der Waals surface area contributed by atoms with Crippen LogP contribution in [0.5, 0.6) is 0 Å². The Labute approximate surface area is 113 Å². The lowest BCUT2D eigenvalue weighted by molar-refractivity contribution is 0.0532. The van der Waals surface area contributed by atoms with Crippen molar-refractivity contribution in [3.8, 4) is 0 Å². The summed E-state index contributed by atoms with van der Waals surface area (Å²) in [6.07, 6.45) is 2.11. The number of carbonyl (C=O) groups excluding carboxylic acids is 1. The molecule has 1 amide bonds. The Kier molecular flexibility index (Phi) is 4.20. The van der Waals surface area contributed by atoms with Crippen molar-refractivity contribution in [2.24, 2.45) is 11.7 Å². The molecule has 1 aromatic rings. The lowest BCUT2D eigenvalue weighted by Crippen LogP contribution is -2.51. The van der Waals surface area contributed by atoms with Gasteiger partial charge in [-0.1, -0.05) is 6.92 Å². The van der Waals surface area contributed by atoms with Crippen molar-refractivity contribution in [2.45, 2.75) is 32.7 Å². The standard InChI is InChI=1S/C15H21FN2O/c1-10-4-3-7-18(14(10)9-17)15(19)12-5-6-13(16)11(2)8-12/h5-6,8,10,14H,3-4,7,9,17H2,1-2H3/t10-,14+/m0/s1. The molecule has 2 atom stereocenters. The monoisotopic (exact) mass is 264 g/mol. The van der Waals surface area contributed by atoms with E-state index in [1.165, 1.54) is 6.07 Å². The molecule has 1 fully saturated rings. The van der Waals surface area contributed by atoms with E-state index in [0.29, 0.717) is 23.6 Å². The molecule has 0 bridgehead atoms. The van der Waals surface area contributed by atoms with Gasteiger partial charge in [0.1, 0.15) is 5.82 Å². The number of aryl methyl sites for hydroxylation is 1. The van der Waals surface area contributed by atoms with Crippen LogP contribution in [0.15, 0.2) is 18.2 Å². The minimum Gasteiger partial charge on any atom is -0.334 e. The molecule has 0 spiro atoms. The van der Waals surface area contributed by atoms with Crippen molar-refractivity contribution in [3.05, 3.63) is 35.1 Å². The van der Waals surface area contributed by atoms with Gasteiger partial charge < -0.3 is 10.6 Å². The summed E-state index contributed by atoms with van der Waals surface area (Å²) >= 11 is 0. The largest absolute Gasteiger partial charge is 0.334 e. The van der Waals surface area contributed by atoms with Gasteiger partial charge in [0.25, 0.3) is 5.91 Å². The van der Waals surface area contributed by atoms with Gasteiger partial charge in [-0.2, -0.15) is 0 Å². The number of halogens is 1. The average molecular weight is 264 g/mol. The zero-order valence-corrected chi connectivity index (χ0v) is 11.5. The van der Waals surface area contributed by atoms with E-state index in [0.717, 1.165) is 19.4 Å². The van der Waals surface area contributed by atoms with Gasteiger partial charge in [0, 0.05) is 24.7 Å². The van der Waals surface area contributed by atoms with Crippen LogP contribution < -0.4 is 5.73 Å². The highest BCUT2D eigenvalue weighted by Gasteiger charge is 2.31. The molecule has 0 radical (unpaired) electrons. The Morgan fingerprint density at radius 1 is 1.53 bits per heavy atom. The van der Waals surface area contributed by atoms with Crippen LogP contribution in [0.1, 0.15) is 35.7 Å². The van der Waals surface area contributed by atoms with Crippen molar-refractivity contribution in [1.29, 1.82) is 0 Å². The fraction of sp³-hybridized carbons (Fsp3) is 0.533. The van der Waals surface area contributed by atoms with E-state index in [4.69, 9.17) is 5.73 Å². The summed E-state index contributed by atoms with van der Waals surface area (Å²) in [6.45, 7) is 5.02. The normalized spacial score (nSPS) is 23.5. The Morgan fingerprint density at radius 3 is 2.89 bits per heavy atom. The van der Waals surface area contributed by atoms with E-state index in [1.807, 2.05) is 4.90 Å². The number of benzene rings is 1. The van der Waals surface area contributed by atoms with Gasteiger partial charge in [0.2, 0.25) is 0 Å². The van der Waals surface area contributed by atoms with Crippen molar-refractivity contribution < 1.29 is 9.18 Å². The Balaban J connectivity index is 2.24. The van der Waals surface area contributed by atoms with E-state index in [-0.39, 0.29) is 17.8 Å². The molecule has 2 rings (SSSR count). The molecular formula is C15H21FN2O. The van der Waals surface area contributed by atoms with E-state index < -0.39 is 0 Å². The molecule has 1 aliphatic rings. The molecular weight excluding hydrogens is 243 g/mol. The first-order valence-corrected chi connectivity index (χ1v) is 6.81. The molecule has 0 aromatic heterocycles. The maximum Gasteiger partial charge on any atom is 0.254 e. The van der Waals surface area contributed by atoms with E-state index in [2.05, 4.69) is 6.92 Å². The zero-order chi connectivity index (χ0) is 14.0. The SMILES string of the molecule is Cc1cc(C(=O)N2CCC[C@H](C)[C@H]2CN)ccc1F. The molecule has 1 saturated heterocycles. The maximum atomic E-state index is 13.3. The number of amides is 1. The predicted octanol–water partition coefficient (Wildman–Crippen LogP) is 2.33. The van der Waals surface area contributed by atoms with Crippen LogP contribution in [0.4, 0.5) is 4.39 Å². The summed E-state index contributed by atoms with van der Waals surface area (Å²) in [5.74, 6) is 0.105. The highest BCUT2D eigenvalue weighted by molar-refractivity contribution is 5.94. The highest BCUT2D eigenvalue weighted by atomic mass is 19.1. The lowest BCUT2D eigenvalue weighted by atomic mass is 9.90. The van der Waals surface area contributed by atoms with Gasteiger partial charge >= 0.3 is 0 Å². The number of carbonyl (C=O) groups is 1. The van der Waals surface area contributed by atoms with Crippen LogP contribution >= 0.6 is 0 Å². The highest BCUT2D eigenvalue weighted by Crippen LogP contribution is 2.24. The van der Waals surface area contributed by atoms with Crippen LogP contribution in [0.2, 0.25) is 0 Å². The Morgan fingerprint density at radius 2 is 2.26 bits per heavy atom. The van der Waals surface area contributed by atoms with Crippen LogP contribution in [0.3, 0.4) is 0 Å². The molecule has 104 valence electrons. The van der Waals surface area contributed by atoms with Gasteiger partial charge in [0.05, 0.1) is 0 Å². The first kappa shape index (κ1) is 14.0. The zero-order valence-electron chi connectivity index (χ0n) is 11.5. The van der Waals surface area contributed by atoms with Crippen molar-refractivity contribution in [2.75, 3.05) is 13.1 Å². The van der Waals surface area contributed by atoms with Crippen LogP contribution in [-0.2, 0) is 0 Å². The van der Waals surface area contributed by atoms with Crippen molar-refractivity contribution in [3.63, 3.8) is 0 Å². The summed E-state index contributed by atoms with van der Waals surface area (Å²) in [4.78, 5) is 14.4. The molecule has 1 aliphatic heterocycles. The summed E-state index contributed by atoms with van der Waals surface area (Å²) in [6, 6.07) is 4.61. The number of piperidine rings is 1. The minimum absolute atomic E-state index is 0.0369. The van der Waals surface area contributed by atoms with Crippen LogP contribution in [0.25, 0.3) is 0 Å². The van der Waals surface area contributed by atoms with Crippen LogP contribution in [-0.4, -0.2) is 29.9 Å². The molecule has 1 aromatic carbocycles. The van der Waals surface area contributed by atoms with Gasteiger partial charge in [0.15, 0.2) is 0 Å². The topological polar surface area (TPSA) is 46.3 Å². The molecule has 0 unspecified atom stereocenters. The molecule has 4 heteroatoms. The van der Waals surface area contributed by atoms with E-state index in [9.17, 15) is 9.18 Å². The minimum atomic E-state index is -0.279. The molecule has 0 saturated carbocycles. The first-order valence-electron chi connectivity index (χ1n) is 6.81. The van der Waals surface area contributed by atoms with Gasteiger partial charge in [-0.25, -0.2) is 4.39 Å². The van der Waals surface area contributed by atoms with Crippen LogP contribution in [0, 0.1) is 18.7 Å².